The molecule has 0 unspecified atom stereocenters. The number of carbonyl (C=O) groups is 1. The monoisotopic (exact) mass is 423 g/mol. The number of rotatable bonds is 7. The van der Waals surface area contributed by atoms with E-state index in [2.05, 4.69) is 15.0 Å². The van der Waals surface area contributed by atoms with E-state index in [-0.39, 0.29) is 23.0 Å². The van der Waals surface area contributed by atoms with Crippen LogP contribution in [0.4, 0.5) is 23.5 Å². The Morgan fingerprint density at radius 1 is 1.13 bits per heavy atom. The van der Waals surface area contributed by atoms with Crippen molar-refractivity contribution in [2.45, 2.75) is 20.0 Å². The molecule has 0 saturated heterocycles. The van der Waals surface area contributed by atoms with Gasteiger partial charge in [0.05, 0.1) is 12.8 Å². The molecule has 0 aliphatic rings. The fourth-order valence-corrected chi connectivity index (χ4v) is 2.71. The fraction of sp³-hybridized carbons (Fsp3) is 0.200. The summed E-state index contributed by atoms with van der Waals surface area (Å²) in [6.07, 6.45) is 1.86. The zero-order valence-electron chi connectivity index (χ0n) is 16.0. The Morgan fingerprint density at radius 3 is 2.30 bits per heavy atom. The molecule has 0 atom stereocenters. The molecular weight excluding hydrogens is 406 g/mol. The van der Waals surface area contributed by atoms with Gasteiger partial charge in [0.2, 0.25) is 5.95 Å². The van der Waals surface area contributed by atoms with Crippen LogP contribution in [0.3, 0.4) is 0 Å². The molecule has 0 spiro atoms. The third-order valence-electron chi connectivity index (χ3n) is 4.15. The van der Waals surface area contributed by atoms with E-state index in [4.69, 9.17) is 4.74 Å². The molecule has 6 nitrogen and oxygen atoms in total. The lowest BCUT2D eigenvalue weighted by Gasteiger charge is -2.12. The van der Waals surface area contributed by atoms with Crippen LogP contribution in [0.15, 0.2) is 42.6 Å². The van der Waals surface area contributed by atoms with E-state index < -0.39 is 29.8 Å². The highest BCUT2D eigenvalue weighted by Crippen LogP contribution is 2.27. The summed E-state index contributed by atoms with van der Waals surface area (Å²) < 4.78 is 63.7. The first-order valence-corrected chi connectivity index (χ1v) is 8.80. The van der Waals surface area contributed by atoms with Crippen LogP contribution >= 0.6 is 0 Å². The summed E-state index contributed by atoms with van der Waals surface area (Å²) in [5.74, 6) is -2.68. The minimum absolute atomic E-state index is 0.00118. The summed E-state index contributed by atoms with van der Waals surface area (Å²) in [5.41, 5.74) is 0.166. The molecule has 0 radical (unpaired) electrons. The Kier molecular flexibility index (Phi) is 6.24. The van der Waals surface area contributed by atoms with Gasteiger partial charge in [-0.2, -0.15) is 8.78 Å². The minimum Gasteiger partial charge on any atom is -0.497 e. The highest BCUT2D eigenvalue weighted by atomic mass is 19.3. The maximum Gasteiger partial charge on any atom is 0.387 e. The molecule has 1 heterocycles. The topological polar surface area (TPSA) is 65.4 Å². The lowest BCUT2D eigenvalue weighted by Crippen LogP contribution is -2.16. The zero-order chi connectivity index (χ0) is 21.8. The largest absolute Gasteiger partial charge is 0.497 e. The average Bonchev–Trinajstić information content (AvgIpc) is 3.09. The van der Waals surface area contributed by atoms with Crippen LogP contribution in [0.1, 0.15) is 23.0 Å². The van der Waals surface area contributed by atoms with E-state index in [9.17, 15) is 22.4 Å². The number of nitrogens with zero attached hydrogens (tertiary/aromatic N) is 2. The van der Waals surface area contributed by atoms with Crippen molar-refractivity contribution in [3.8, 4) is 17.2 Å². The highest BCUT2D eigenvalue weighted by molar-refractivity contribution is 6.03. The van der Waals surface area contributed by atoms with Crippen molar-refractivity contribution in [1.82, 2.24) is 9.55 Å². The second-order valence-electron chi connectivity index (χ2n) is 6.08. The van der Waals surface area contributed by atoms with Crippen LogP contribution in [0.5, 0.6) is 11.5 Å². The molecule has 10 heteroatoms. The number of amides is 1. The number of hydrogen-bond acceptors (Lipinski definition) is 4. The smallest absolute Gasteiger partial charge is 0.387 e. The first-order valence-electron chi connectivity index (χ1n) is 8.80. The molecule has 0 fully saturated rings. The van der Waals surface area contributed by atoms with Crippen LogP contribution < -0.4 is 14.8 Å². The highest BCUT2D eigenvalue weighted by Gasteiger charge is 2.20. The molecule has 3 aromatic rings. The molecule has 0 aliphatic heterocycles. The number of benzene rings is 2. The number of alkyl halides is 2. The van der Waals surface area contributed by atoms with Gasteiger partial charge in [0, 0.05) is 23.9 Å². The third-order valence-corrected chi connectivity index (χ3v) is 4.15. The number of methoxy groups -OCH3 is 1. The standard InChI is InChI=1S/C20H17F4N3O3/c1-3-12-10-27(17-15(21)8-14(29-2)9-16(17)22)20(25-12)26-18(28)11-4-6-13(7-5-11)30-19(23)24/h4-10,19H,3H2,1-2H3,(H,25,26,28). The van der Waals surface area contributed by atoms with Crippen molar-refractivity contribution in [1.29, 1.82) is 0 Å². The van der Waals surface area contributed by atoms with Crippen molar-refractivity contribution in [3.05, 3.63) is 65.5 Å². The van der Waals surface area contributed by atoms with Crippen molar-refractivity contribution in [3.63, 3.8) is 0 Å². The average molecular weight is 423 g/mol. The third kappa shape index (κ3) is 4.53. The number of halogens is 4. The zero-order valence-corrected chi connectivity index (χ0v) is 16.0. The van der Waals surface area contributed by atoms with Gasteiger partial charge < -0.3 is 9.47 Å². The molecule has 0 aliphatic carbocycles. The second-order valence-corrected chi connectivity index (χ2v) is 6.08. The summed E-state index contributed by atoms with van der Waals surface area (Å²) in [5, 5.41) is 2.48. The lowest BCUT2D eigenvalue weighted by atomic mass is 10.2. The first-order chi connectivity index (χ1) is 14.3. The molecular formula is C20H17F4N3O3. The summed E-state index contributed by atoms with van der Waals surface area (Å²) in [4.78, 5) is 16.7. The van der Waals surface area contributed by atoms with E-state index in [0.29, 0.717) is 12.1 Å². The number of nitrogens with one attached hydrogen (secondary N) is 1. The van der Waals surface area contributed by atoms with Crippen LogP contribution in [0.2, 0.25) is 0 Å². The van der Waals surface area contributed by atoms with Crippen LogP contribution in [-0.4, -0.2) is 29.2 Å². The predicted octanol–water partition coefficient (Wildman–Crippen LogP) is 4.58. The molecule has 0 bridgehead atoms. The molecule has 1 amide bonds. The number of carbonyl (C=O) groups excluding carboxylic acids is 1. The van der Waals surface area contributed by atoms with Gasteiger partial charge in [-0.3, -0.25) is 14.7 Å². The number of aromatic nitrogens is 2. The molecule has 2 aromatic carbocycles. The summed E-state index contributed by atoms with van der Waals surface area (Å²) in [6, 6.07) is 6.97. The quantitative estimate of drug-likeness (QED) is 0.566. The van der Waals surface area contributed by atoms with Crippen LogP contribution in [0, 0.1) is 11.6 Å². The molecule has 158 valence electrons. The van der Waals surface area contributed by atoms with Crippen molar-refractivity contribution < 1.29 is 31.8 Å². The Labute approximate surface area is 169 Å². The molecule has 30 heavy (non-hydrogen) atoms. The van der Waals surface area contributed by atoms with Crippen LogP contribution in [0.25, 0.3) is 5.69 Å². The summed E-state index contributed by atoms with van der Waals surface area (Å²) >= 11 is 0. The fourth-order valence-electron chi connectivity index (χ4n) is 2.71. The van der Waals surface area contributed by atoms with E-state index in [1.807, 2.05) is 0 Å². The summed E-state index contributed by atoms with van der Waals surface area (Å²) in [6.45, 7) is -1.19. The van der Waals surface area contributed by atoms with Crippen LogP contribution in [-0.2, 0) is 6.42 Å². The predicted molar refractivity (Wildman–Crippen MR) is 100 cm³/mol. The minimum atomic E-state index is -2.99. The lowest BCUT2D eigenvalue weighted by molar-refractivity contribution is -0.0498. The van der Waals surface area contributed by atoms with Crippen molar-refractivity contribution in [2.75, 3.05) is 12.4 Å². The SMILES string of the molecule is CCc1cn(-c2c(F)cc(OC)cc2F)c(NC(=O)c2ccc(OC(F)F)cc2)n1. The molecule has 3 rings (SSSR count). The van der Waals surface area contributed by atoms with Gasteiger partial charge >= 0.3 is 6.61 Å². The number of hydrogen-bond donors (Lipinski definition) is 1. The number of aryl methyl sites for hydroxylation is 1. The van der Waals surface area contributed by atoms with Gasteiger partial charge in [0.1, 0.15) is 17.2 Å². The molecule has 0 saturated carbocycles. The molecule has 1 N–H and O–H groups in total. The maximum atomic E-state index is 14.5. The van der Waals surface area contributed by atoms with Gasteiger partial charge in [0.25, 0.3) is 5.91 Å². The van der Waals surface area contributed by atoms with E-state index in [1.165, 1.54) is 37.6 Å². The van der Waals surface area contributed by atoms with E-state index in [0.717, 1.165) is 16.7 Å². The van der Waals surface area contributed by atoms with Gasteiger partial charge in [-0.25, -0.2) is 13.8 Å². The van der Waals surface area contributed by atoms with Gasteiger partial charge in [-0.1, -0.05) is 6.92 Å². The maximum absolute atomic E-state index is 14.5. The van der Waals surface area contributed by atoms with E-state index >= 15 is 0 Å². The van der Waals surface area contributed by atoms with Gasteiger partial charge in [-0.05, 0) is 30.7 Å². The second kappa shape index (κ2) is 8.85. The number of ether oxygens (including phenoxy) is 2. The van der Waals surface area contributed by atoms with E-state index in [1.54, 1.807) is 6.92 Å². The Hall–Kier alpha value is -3.56. The normalized spacial score (nSPS) is 10.9. The van der Waals surface area contributed by atoms with Crippen molar-refractivity contribution >= 4 is 11.9 Å². The molecule has 1 aromatic heterocycles. The Bertz CT molecular complexity index is 1030. The summed E-state index contributed by atoms with van der Waals surface area (Å²) in [7, 11) is 1.28. The Balaban J connectivity index is 1.92. The number of imidazole rings is 1. The number of anilines is 1. The first kappa shape index (κ1) is 21.2. The van der Waals surface area contributed by atoms with Gasteiger partial charge in [-0.15, -0.1) is 0 Å². The Morgan fingerprint density at radius 2 is 1.77 bits per heavy atom. The van der Waals surface area contributed by atoms with Crippen molar-refractivity contribution in [2.24, 2.45) is 0 Å². The van der Waals surface area contributed by atoms with Gasteiger partial charge in [0.15, 0.2) is 11.6 Å².